The van der Waals surface area contributed by atoms with E-state index in [0.717, 1.165) is 37.1 Å². The second-order valence-electron chi connectivity index (χ2n) is 6.71. The fourth-order valence-corrected chi connectivity index (χ4v) is 5.93. The summed E-state index contributed by atoms with van der Waals surface area (Å²) in [4.78, 5) is 1.59. The van der Waals surface area contributed by atoms with Crippen LogP contribution in [0.4, 0.5) is 13.2 Å². The summed E-state index contributed by atoms with van der Waals surface area (Å²) in [5.74, 6) is -0.451. The van der Waals surface area contributed by atoms with Gasteiger partial charge in [0.05, 0.1) is 23.3 Å². The SMILES string of the molecule is O=S(=O)(c1ccc(OC(F)(F)F)cc1)N1C2CCC1CC(n1nccn1)C2. The number of fused-ring (bicyclic) bond motifs is 2. The number of benzene rings is 1. The van der Waals surface area contributed by atoms with Crippen LogP contribution in [-0.2, 0) is 10.0 Å². The van der Waals surface area contributed by atoms with Crippen LogP contribution in [0.3, 0.4) is 0 Å². The number of hydrogen-bond acceptors (Lipinski definition) is 5. The van der Waals surface area contributed by atoms with E-state index in [9.17, 15) is 21.6 Å². The zero-order valence-corrected chi connectivity index (χ0v) is 14.9. The molecule has 0 N–H and O–H groups in total. The molecule has 2 unspecified atom stereocenters. The summed E-state index contributed by atoms with van der Waals surface area (Å²) in [5.41, 5.74) is 0. The minimum Gasteiger partial charge on any atom is -0.406 e. The minimum atomic E-state index is -4.82. The van der Waals surface area contributed by atoms with E-state index in [4.69, 9.17) is 0 Å². The lowest BCUT2D eigenvalue weighted by Crippen LogP contribution is -2.47. The summed E-state index contributed by atoms with van der Waals surface area (Å²) in [6.07, 6.45) is 1.08. The van der Waals surface area contributed by atoms with Gasteiger partial charge in [0.15, 0.2) is 0 Å². The first kappa shape index (κ1) is 18.2. The molecule has 2 aromatic rings. The third-order valence-corrected chi connectivity index (χ3v) is 7.06. The second kappa shape index (κ2) is 6.48. The normalized spacial score (nSPS) is 26.3. The molecule has 7 nitrogen and oxygen atoms in total. The molecule has 2 aliphatic heterocycles. The van der Waals surface area contributed by atoms with Gasteiger partial charge < -0.3 is 4.74 Å². The standard InChI is InChI=1S/C16H17F3N4O3S/c17-16(18,19)26-14-3-5-15(6-4-14)27(24,25)22-11-1-2-12(22)10-13(9-11)23-20-7-8-21-23/h3-8,11-13H,1-2,9-10H2. The van der Waals surface area contributed by atoms with E-state index in [0.29, 0.717) is 12.8 Å². The van der Waals surface area contributed by atoms with Crippen molar-refractivity contribution in [2.24, 2.45) is 0 Å². The molecule has 11 heteroatoms. The Balaban J connectivity index is 1.54. The van der Waals surface area contributed by atoms with E-state index >= 15 is 0 Å². The Kier molecular flexibility index (Phi) is 4.38. The first-order chi connectivity index (χ1) is 12.7. The number of piperidine rings is 1. The molecule has 0 spiro atoms. The Labute approximate surface area is 153 Å². The van der Waals surface area contributed by atoms with E-state index in [1.807, 2.05) is 0 Å². The smallest absolute Gasteiger partial charge is 0.406 e. The Bertz CT molecular complexity index is 886. The Morgan fingerprint density at radius 2 is 1.52 bits per heavy atom. The van der Waals surface area contributed by atoms with Crippen molar-refractivity contribution in [2.45, 2.75) is 55.1 Å². The predicted molar refractivity (Wildman–Crippen MR) is 87.3 cm³/mol. The highest BCUT2D eigenvalue weighted by atomic mass is 32.2. The molecule has 0 amide bonds. The van der Waals surface area contributed by atoms with Crippen molar-refractivity contribution in [3.05, 3.63) is 36.7 Å². The molecule has 2 saturated heterocycles. The maximum absolute atomic E-state index is 13.1. The van der Waals surface area contributed by atoms with Crippen LogP contribution in [-0.4, -0.2) is 46.2 Å². The lowest BCUT2D eigenvalue weighted by atomic mass is 10.0. The first-order valence-corrected chi connectivity index (χ1v) is 9.93. The van der Waals surface area contributed by atoms with E-state index in [-0.39, 0.29) is 23.0 Å². The zero-order valence-electron chi connectivity index (χ0n) is 14.1. The number of aromatic nitrogens is 3. The molecule has 0 saturated carbocycles. The predicted octanol–water partition coefficient (Wildman–Crippen LogP) is 2.73. The fourth-order valence-electron chi connectivity index (χ4n) is 4.04. The Morgan fingerprint density at radius 1 is 0.963 bits per heavy atom. The maximum Gasteiger partial charge on any atom is 0.573 e. The molecule has 3 heterocycles. The lowest BCUT2D eigenvalue weighted by Gasteiger charge is -2.37. The van der Waals surface area contributed by atoms with Gasteiger partial charge in [-0.25, -0.2) is 8.42 Å². The quantitative estimate of drug-likeness (QED) is 0.786. The van der Waals surface area contributed by atoms with Crippen molar-refractivity contribution in [3.8, 4) is 5.75 Å². The number of hydrogen-bond donors (Lipinski definition) is 0. The van der Waals surface area contributed by atoms with Gasteiger partial charge in [-0.1, -0.05) is 0 Å². The lowest BCUT2D eigenvalue weighted by molar-refractivity contribution is -0.274. The highest BCUT2D eigenvalue weighted by Gasteiger charge is 2.48. The number of rotatable bonds is 4. The molecule has 2 atom stereocenters. The summed E-state index contributed by atoms with van der Waals surface area (Å²) in [5, 5.41) is 8.31. The molecule has 0 radical (unpaired) electrons. The van der Waals surface area contributed by atoms with Crippen LogP contribution in [0, 0.1) is 0 Å². The molecular weight excluding hydrogens is 385 g/mol. The summed E-state index contributed by atoms with van der Waals surface area (Å²) >= 11 is 0. The van der Waals surface area contributed by atoms with Gasteiger partial charge in [-0.15, -0.1) is 13.2 Å². The second-order valence-corrected chi connectivity index (χ2v) is 8.56. The molecule has 2 aliphatic rings. The number of alkyl halides is 3. The third kappa shape index (κ3) is 3.53. The van der Waals surface area contributed by atoms with E-state index in [1.54, 1.807) is 17.2 Å². The van der Waals surface area contributed by atoms with Gasteiger partial charge in [0, 0.05) is 12.1 Å². The molecule has 27 heavy (non-hydrogen) atoms. The maximum atomic E-state index is 13.1. The number of ether oxygens (including phenoxy) is 1. The van der Waals surface area contributed by atoms with Crippen LogP contribution in [0.2, 0.25) is 0 Å². The van der Waals surface area contributed by atoms with Crippen LogP contribution in [0.1, 0.15) is 31.7 Å². The average molecular weight is 402 g/mol. The van der Waals surface area contributed by atoms with Gasteiger partial charge in [0.25, 0.3) is 0 Å². The monoisotopic (exact) mass is 402 g/mol. The highest BCUT2D eigenvalue weighted by Crippen LogP contribution is 2.43. The molecule has 4 rings (SSSR count). The highest BCUT2D eigenvalue weighted by molar-refractivity contribution is 7.89. The van der Waals surface area contributed by atoms with Crippen molar-refractivity contribution in [1.29, 1.82) is 0 Å². The third-order valence-electron chi connectivity index (χ3n) is 5.04. The van der Waals surface area contributed by atoms with Gasteiger partial charge in [-0.3, -0.25) is 0 Å². The average Bonchev–Trinajstić information content (AvgIpc) is 3.21. The van der Waals surface area contributed by atoms with E-state index in [1.165, 1.54) is 4.31 Å². The van der Waals surface area contributed by atoms with Crippen molar-refractivity contribution in [1.82, 2.24) is 19.3 Å². The van der Waals surface area contributed by atoms with Crippen LogP contribution < -0.4 is 4.74 Å². The number of sulfonamides is 1. The first-order valence-electron chi connectivity index (χ1n) is 8.49. The molecule has 146 valence electrons. The van der Waals surface area contributed by atoms with Crippen molar-refractivity contribution >= 4 is 10.0 Å². The Morgan fingerprint density at radius 3 is 2.04 bits per heavy atom. The van der Waals surface area contributed by atoms with Gasteiger partial charge >= 0.3 is 6.36 Å². The van der Waals surface area contributed by atoms with Gasteiger partial charge in [-0.05, 0) is 49.9 Å². The van der Waals surface area contributed by atoms with Crippen LogP contribution in [0.15, 0.2) is 41.6 Å². The van der Waals surface area contributed by atoms with Crippen molar-refractivity contribution in [2.75, 3.05) is 0 Å². The van der Waals surface area contributed by atoms with Crippen molar-refractivity contribution in [3.63, 3.8) is 0 Å². The largest absolute Gasteiger partial charge is 0.573 e. The minimum absolute atomic E-state index is 0.0374. The van der Waals surface area contributed by atoms with Gasteiger partial charge in [0.1, 0.15) is 5.75 Å². The summed E-state index contributed by atoms with van der Waals surface area (Å²) in [6.45, 7) is 0. The molecule has 2 bridgehead atoms. The molecular formula is C16H17F3N4O3S. The topological polar surface area (TPSA) is 77.3 Å². The van der Waals surface area contributed by atoms with Crippen molar-refractivity contribution < 1.29 is 26.3 Å². The number of halogens is 3. The summed E-state index contributed by atoms with van der Waals surface area (Å²) in [6, 6.07) is 4.04. The molecule has 1 aromatic carbocycles. The van der Waals surface area contributed by atoms with Crippen LogP contribution in [0.25, 0.3) is 0 Å². The molecule has 0 aliphatic carbocycles. The fraction of sp³-hybridized carbons (Fsp3) is 0.500. The molecule has 1 aromatic heterocycles. The van der Waals surface area contributed by atoms with Gasteiger partial charge in [0.2, 0.25) is 10.0 Å². The zero-order chi connectivity index (χ0) is 19.2. The Hall–Kier alpha value is -2.14. The van der Waals surface area contributed by atoms with Crippen LogP contribution in [0.5, 0.6) is 5.75 Å². The molecule has 2 fully saturated rings. The summed E-state index contributed by atoms with van der Waals surface area (Å²) < 4.78 is 68.2. The van der Waals surface area contributed by atoms with Crippen LogP contribution >= 0.6 is 0 Å². The number of nitrogens with zero attached hydrogens (tertiary/aromatic N) is 4. The van der Waals surface area contributed by atoms with E-state index < -0.39 is 22.1 Å². The van der Waals surface area contributed by atoms with Gasteiger partial charge in [-0.2, -0.15) is 19.3 Å². The summed E-state index contributed by atoms with van der Waals surface area (Å²) in [7, 11) is -3.80. The van der Waals surface area contributed by atoms with E-state index in [2.05, 4.69) is 14.9 Å².